The normalized spacial score (nSPS) is 25.7. The van der Waals surface area contributed by atoms with Crippen molar-refractivity contribution in [1.29, 1.82) is 0 Å². The number of rotatable bonds is 5. The van der Waals surface area contributed by atoms with Crippen molar-refractivity contribution in [1.82, 2.24) is 20.2 Å². The monoisotopic (exact) mass is 404 g/mol. The second-order valence-electron chi connectivity index (χ2n) is 7.88. The zero-order chi connectivity index (χ0) is 19.6. The molecule has 3 aliphatic rings. The molecule has 0 aliphatic carbocycles. The van der Waals surface area contributed by atoms with Crippen molar-refractivity contribution in [3.8, 4) is 10.6 Å². The van der Waals surface area contributed by atoms with Crippen molar-refractivity contribution >= 4 is 17.2 Å². The highest BCUT2D eigenvalue weighted by molar-refractivity contribution is 7.17. The Kier molecular flexibility index (Phi) is 5.12. The molecule has 2 bridgehead atoms. The van der Waals surface area contributed by atoms with E-state index in [0.717, 1.165) is 47.8 Å². The third kappa shape index (κ3) is 3.82. The Labute approximate surface area is 174 Å². The van der Waals surface area contributed by atoms with E-state index in [-0.39, 0.29) is 11.9 Å². The third-order valence-corrected chi connectivity index (χ3v) is 7.28. The quantitative estimate of drug-likeness (QED) is 0.705. The van der Waals surface area contributed by atoms with Crippen LogP contribution in [0.4, 0.5) is 0 Å². The highest BCUT2D eigenvalue weighted by atomic mass is 32.1. The number of hydrogen-bond donors (Lipinski definition) is 1. The van der Waals surface area contributed by atoms with Crippen LogP contribution < -0.4 is 5.32 Å². The smallest absolute Gasteiger partial charge is 0.261 e. The minimum atomic E-state index is 0.0344. The number of pyridine rings is 2. The number of thiophene rings is 1. The lowest BCUT2D eigenvalue weighted by Gasteiger charge is -2.51. The second kappa shape index (κ2) is 8.05. The average Bonchev–Trinajstić information content (AvgIpc) is 3.28. The van der Waals surface area contributed by atoms with Crippen molar-refractivity contribution in [2.45, 2.75) is 31.3 Å². The summed E-state index contributed by atoms with van der Waals surface area (Å²) in [6.45, 7) is 2.26. The largest absolute Gasteiger partial charge is 0.347 e. The summed E-state index contributed by atoms with van der Waals surface area (Å²) in [6.07, 6.45) is 8.80. The first-order valence-corrected chi connectivity index (χ1v) is 11.0. The van der Waals surface area contributed by atoms with E-state index in [1.807, 2.05) is 48.8 Å². The number of nitrogens with one attached hydrogen (secondary N) is 1. The Balaban J connectivity index is 1.34. The van der Waals surface area contributed by atoms with Crippen LogP contribution in [-0.2, 0) is 6.42 Å². The molecule has 6 heterocycles. The molecule has 0 unspecified atom stereocenters. The standard InChI is InChI=1S/C23H24N4OS/c28-23(21-7-6-20(29-21)18-5-1-2-11-25-18)26-22-17-8-12-27(13-9-17)19(22)14-16-4-3-10-24-15-16/h1-7,10-11,15,17,19,22H,8-9,12-14H2,(H,26,28)/t19-,22-/m0/s1. The lowest BCUT2D eigenvalue weighted by molar-refractivity contribution is 0.0137. The molecule has 1 amide bonds. The zero-order valence-corrected chi connectivity index (χ0v) is 17.0. The predicted molar refractivity (Wildman–Crippen MR) is 115 cm³/mol. The molecule has 5 nitrogen and oxygen atoms in total. The third-order valence-electron chi connectivity index (χ3n) is 6.18. The predicted octanol–water partition coefficient (Wildman–Crippen LogP) is 3.64. The SMILES string of the molecule is O=C(N[C@H]1C2CCN(CC2)[C@H]1Cc1cccnc1)c1ccc(-c2ccccn2)s1. The fraction of sp³-hybridized carbons (Fsp3) is 0.348. The van der Waals surface area contributed by atoms with Gasteiger partial charge in [-0.2, -0.15) is 0 Å². The molecule has 3 fully saturated rings. The molecule has 3 aromatic heterocycles. The Morgan fingerprint density at radius 1 is 1.10 bits per heavy atom. The van der Waals surface area contributed by atoms with Crippen LogP contribution in [0.2, 0.25) is 0 Å². The molecular formula is C23H24N4OS. The summed E-state index contributed by atoms with van der Waals surface area (Å²) >= 11 is 1.51. The number of fused-ring (bicyclic) bond motifs is 3. The summed E-state index contributed by atoms with van der Waals surface area (Å²) in [5, 5.41) is 3.39. The van der Waals surface area contributed by atoms with Crippen LogP contribution in [0.1, 0.15) is 28.1 Å². The van der Waals surface area contributed by atoms with Gasteiger partial charge in [-0.3, -0.25) is 19.7 Å². The van der Waals surface area contributed by atoms with E-state index in [0.29, 0.717) is 12.0 Å². The van der Waals surface area contributed by atoms with E-state index in [1.165, 1.54) is 16.9 Å². The Morgan fingerprint density at radius 3 is 2.76 bits per heavy atom. The number of nitrogens with zero attached hydrogens (tertiary/aromatic N) is 3. The molecule has 3 aromatic rings. The topological polar surface area (TPSA) is 58.1 Å². The highest BCUT2D eigenvalue weighted by Crippen LogP contribution is 2.34. The van der Waals surface area contributed by atoms with Crippen molar-refractivity contribution < 1.29 is 4.79 Å². The van der Waals surface area contributed by atoms with E-state index in [2.05, 4.69) is 26.3 Å². The molecule has 6 heteroatoms. The van der Waals surface area contributed by atoms with Gasteiger partial charge in [-0.25, -0.2) is 0 Å². The van der Waals surface area contributed by atoms with Crippen molar-refractivity contribution in [2.24, 2.45) is 5.92 Å². The van der Waals surface area contributed by atoms with Crippen LogP contribution >= 0.6 is 11.3 Å². The minimum Gasteiger partial charge on any atom is -0.347 e. The zero-order valence-electron chi connectivity index (χ0n) is 16.2. The van der Waals surface area contributed by atoms with E-state index in [4.69, 9.17) is 0 Å². The maximum absolute atomic E-state index is 13.1. The maximum Gasteiger partial charge on any atom is 0.261 e. The molecule has 2 atom stereocenters. The van der Waals surface area contributed by atoms with Gasteiger partial charge in [0.15, 0.2) is 0 Å². The Morgan fingerprint density at radius 2 is 2.00 bits per heavy atom. The lowest BCUT2D eigenvalue weighted by atomic mass is 9.77. The van der Waals surface area contributed by atoms with Crippen LogP contribution in [0.3, 0.4) is 0 Å². The van der Waals surface area contributed by atoms with Crippen LogP contribution in [0.5, 0.6) is 0 Å². The number of carbonyl (C=O) groups excluding carboxylic acids is 1. The Bertz CT molecular complexity index is 967. The molecule has 0 aromatic carbocycles. The number of hydrogen-bond acceptors (Lipinski definition) is 5. The van der Waals surface area contributed by atoms with E-state index in [1.54, 1.807) is 6.20 Å². The van der Waals surface area contributed by atoms with Crippen LogP contribution in [0.25, 0.3) is 10.6 Å². The lowest BCUT2D eigenvalue weighted by Crippen LogP contribution is -2.64. The van der Waals surface area contributed by atoms with Gasteiger partial charge >= 0.3 is 0 Å². The second-order valence-corrected chi connectivity index (χ2v) is 8.97. The first-order chi connectivity index (χ1) is 14.3. The average molecular weight is 405 g/mol. The number of carbonyl (C=O) groups is 1. The maximum atomic E-state index is 13.1. The molecular weight excluding hydrogens is 380 g/mol. The molecule has 0 radical (unpaired) electrons. The number of amides is 1. The van der Waals surface area contributed by atoms with Gasteiger partial charge in [-0.1, -0.05) is 12.1 Å². The van der Waals surface area contributed by atoms with Gasteiger partial charge in [0, 0.05) is 30.7 Å². The first-order valence-electron chi connectivity index (χ1n) is 10.2. The summed E-state index contributed by atoms with van der Waals surface area (Å²) in [5.74, 6) is 0.591. The number of aromatic nitrogens is 2. The van der Waals surface area contributed by atoms with Gasteiger partial charge in [-0.05, 0) is 74.2 Å². The number of piperidine rings is 3. The van der Waals surface area contributed by atoms with Crippen LogP contribution in [0, 0.1) is 5.92 Å². The van der Waals surface area contributed by atoms with E-state index >= 15 is 0 Å². The van der Waals surface area contributed by atoms with E-state index < -0.39 is 0 Å². The van der Waals surface area contributed by atoms with Gasteiger partial charge < -0.3 is 5.32 Å². The Hall–Kier alpha value is -2.57. The minimum absolute atomic E-state index is 0.0344. The fourth-order valence-corrected chi connectivity index (χ4v) is 5.60. The molecule has 29 heavy (non-hydrogen) atoms. The fourth-order valence-electron chi connectivity index (χ4n) is 4.71. The summed E-state index contributed by atoms with van der Waals surface area (Å²) < 4.78 is 0. The van der Waals surface area contributed by atoms with Crippen molar-refractivity contribution in [3.05, 3.63) is 71.5 Å². The highest BCUT2D eigenvalue weighted by Gasteiger charge is 2.42. The van der Waals surface area contributed by atoms with Crippen LogP contribution in [-0.4, -0.2) is 45.9 Å². The summed E-state index contributed by atoms with van der Waals surface area (Å²) in [5.41, 5.74) is 2.15. The summed E-state index contributed by atoms with van der Waals surface area (Å²) in [6, 6.07) is 14.4. The van der Waals surface area contributed by atoms with Crippen molar-refractivity contribution in [2.75, 3.05) is 13.1 Å². The molecule has 148 valence electrons. The molecule has 0 spiro atoms. The molecule has 6 rings (SSSR count). The molecule has 3 aliphatic heterocycles. The van der Waals surface area contributed by atoms with Crippen LogP contribution in [0.15, 0.2) is 61.1 Å². The summed E-state index contributed by atoms with van der Waals surface area (Å²) in [4.78, 5) is 26.1. The van der Waals surface area contributed by atoms with Gasteiger partial charge in [0.2, 0.25) is 0 Å². The van der Waals surface area contributed by atoms with Crippen molar-refractivity contribution in [3.63, 3.8) is 0 Å². The molecule has 1 N–H and O–H groups in total. The van der Waals surface area contributed by atoms with Gasteiger partial charge in [0.05, 0.1) is 15.4 Å². The first kappa shape index (κ1) is 18.5. The summed E-state index contributed by atoms with van der Waals surface area (Å²) in [7, 11) is 0. The van der Waals surface area contributed by atoms with Gasteiger partial charge in [-0.15, -0.1) is 11.3 Å². The molecule has 0 saturated carbocycles. The van der Waals surface area contributed by atoms with Gasteiger partial charge in [0.1, 0.15) is 0 Å². The van der Waals surface area contributed by atoms with E-state index in [9.17, 15) is 4.79 Å². The van der Waals surface area contributed by atoms with Gasteiger partial charge in [0.25, 0.3) is 5.91 Å². The molecule has 3 saturated heterocycles.